The van der Waals surface area contributed by atoms with Gasteiger partial charge in [-0.15, -0.1) is 13.2 Å². The minimum absolute atomic E-state index is 0.130. The molecule has 180 valence electrons. The van der Waals surface area contributed by atoms with E-state index in [0.717, 1.165) is 28.5 Å². The first kappa shape index (κ1) is 23.1. The molecular formula is C25H18F3NO5S. The molecule has 6 nitrogen and oxygen atoms in total. The van der Waals surface area contributed by atoms with Crippen LogP contribution in [0.4, 0.5) is 18.0 Å². The molecule has 10 heteroatoms. The van der Waals surface area contributed by atoms with Crippen LogP contribution < -0.4 is 14.8 Å². The minimum Gasteiger partial charge on any atom is -0.492 e. The van der Waals surface area contributed by atoms with E-state index in [4.69, 9.17) is 9.15 Å². The van der Waals surface area contributed by atoms with Crippen LogP contribution in [-0.4, -0.2) is 24.1 Å². The predicted molar refractivity (Wildman–Crippen MR) is 124 cm³/mol. The van der Waals surface area contributed by atoms with Crippen LogP contribution >= 0.6 is 11.8 Å². The van der Waals surface area contributed by atoms with Crippen LogP contribution in [0.1, 0.15) is 25.0 Å². The summed E-state index contributed by atoms with van der Waals surface area (Å²) in [5.74, 6) is -0.522. The molecular weight excluding hydrogens is 483 g/mol. The first-order valence-electron chi connectivity index (χ1n) is 10.5. The summed E-state index contributed by atoms with van der Waals surface area (Å²) in [6.45, 7) is 4.33. The Kier molecular flexibility index (Phi) is 5.43. The van der Waals surface area contributed by atoms with E-state index in [2.05, 4.69) is 10.1 Å². The Hall–Kier alpha value is -3.66. The molecule has 3 aromatic rings. The summed E-state index contributed by atoms with van der Waals surface area (Å²) in [7, 11) is 0. The zero-order valence-corrected chi connectivity index (χ0v) is 19.3. The molecule has 3 heterocycles. The Morgan fingerprint density at radius 1 is 1.09 bits per heavy atom. The van der Waals surface area contributed by atoms with Gasteiger partial charge in [0.05, 0.1) is 24.0 Å². The number of thioether (sulfide) groups is 1. The van der Waals surface area contributed by atoms with E-state index in [1.165, 1.54) is 30.5 Å². The Labute approximate surface area is 202 Å². The smallest absolute Gasteiger partial charge is 0.492 e. The normalized spacial score (nSPS) is 17.9. The third-order valence-corrected chi connectivity index (χ3v) is 6.52. The van der Waals surface area contributed by atoms with Gasteiger partial charge < -0.3 is 13.9 Å². The predicted octanol–water partition coefficient (Wildman–Crippen LogP) is 6.51. The molecule has 0 bridgehead atoms. The van der Waals surface area contributed by atoms with Gasteiger partial charge in [0.25, 0.3) is 11.1 Å². The summed E-state index contributed by atoms with van der Waals surface area (Å²) in [4.78, 5) is 23.6. The molecule has 2 aliphatic heterocycles. The third-order valence-electron chi connectivity index (χ3n) is 5.71. The fourth-order valence-corrected chi connectivity index (χ4v) is 4.73. The van der Waals surface area contributed by atoms with Crippen molar-refractivity contribution in [3.8, 4) is 33.8 Å². The topological polar surface area (TPSA) is 77.8 Å². The maximum atomic E-state index is 13.3. The number of carbonyl (C=O) groups is 2. The van der Waals surface area contributed by atoms with Crippen LogP contribution in [0.3, 0.4) is 0 Å². The number of furan rings is 1. The van der Waals surface area contributed by atoms with Crippen molar-refractivity contribution in [3.05, 3.63) is 65.0 Å². The highest BCUT2D eigenvalue weighted by Crippen LogP contribution is 2.49. The largest absolute Gasteiger partial charge is 0.573 e. The fourth-order valence-electron chi connectivity index (χ4n) is 4.05. The second kappa shape index (κ2) is 8.23. The van der Waals surface area contributed by atoms with Crippen LogP contribution in [0.2, 0.25) is 0 Å². The Morgan fingerprint density at radius 3 is 2.54 bits per heavy atom. The average Bonchev–Trinajstić information content (AvgIpc) is 3.48. The van der Waals surface area contributed by atoms with Crippen molar-refractivity contribution in [1.82, 2.24) is 5.32 Å². The van der Waals surface area contributed by atoms with Crippen LogP contribution in [0.25, 0.3) is 28.3 Å². The van der Waals surface area contributed by atoms with Gasteiger partial charge in [0, 0.05) is 27.7 Å². The summed E-state index contributed by atoms with van der Waals surface area (Å²) in [5.41, 5.74) is 2.91. The van der Waals surface area contributed by atoms with Crippen molar-refractivity contribution in [1.29, 1.82) is 0 Å². The van der Waals surface area contributed by atoms with Gasteiger partial charge in [-0.2, -0.15) is 0 Å². The number of carbonyl (C=O) groups excluding carboxylic acids is 2. The summed E-state index contributed by atoms with van der Waals surface area (Å²) in [5, 5.41) is 1.64. The number of nitrogens with one attached hydrogen (secondary N) is 1. The SMILES string of the molecule is CC1(C)COc2c(-c3cc(C=C4SC(=O)NC4=O)ccc3OC(F)(F)F)cc(-c3ccoc3)cc21. The highest BCUT2D eigenvalue weighted by Gasteiger charge is 2.37. The molecule has 1 N–H and O–H groups in total. The van der Waals surface area contributed by atoms with Crippen molar-refractivity contribution >= 4 is 29.0 Å². The van der Waals surface area contributed by atoms with Crippen LogP contribution in [-0.2, 0) is 10.2 Å². The van der Waals surface area contributed by atoms with Gasteiger partial charge in [-0.05, 0) is 59.3 Å². The number of alkyl halides is 3. The Morgan fingerprint density at radius 2 is 1.89 bits per heavy atom. The minimum atomic E-state index is -4.92. The number of benzene rings is 2. The maximum absolute atomic E-state index is 13.3. The van der Waals surface area contributed by atoms with Crippen molar-refractivity contribution in [3.63, 3.8) is 0 Å². The zero-order valence-electron chi connectivity index (χ0n) is 18.5. The van der Waals surface area contributed by atoms with Crippen molar-refractivity contribution < 1.29 is 36.7 Å². The van der Waals surface area contributed by atoms with E-state index in [1.807, 2.05) is 19.9 Å². The van der Waals surface area contributed by atoms with Gasteiger partial charge in [0.15, 0.2) is 0 Å². The monoisotopic (exact) mass is 501 g/mol. The molecule has 1 saturated heterocycles. The van der Waals surface area contributed by atoms with Crippen LogP contribution in [0.15, 0.2) is 58.2 Å². The van der Waals surface area contributed by atoms with Crippen molar-refractivity contribution in [2.24, 2.45) is 0 Å². The number of rotatable bonds is 4. The molecule has 2 amide bonds. The molecule has 0 unspecified atom stereocenters. The average molecular weight is 501 g/mol. The molecule has 0 saturated carbocycles. The second-order valence-electron chi connectivity index (χ2n) is 8.74. The highest BCUT2D eigenvalue weighted by atomic mass is 32.2. The number of hydrogen-bond donors (Lipinski definition) is 1. The third kappa shape index (κ3) is 4.53. The van der Waals surface area contributed by atoms with E-state index in [1.54, 1.807) is 18.4 Å². The van der Waals surface area contributed by atoms with Crippen LogP contribution in [0, 0.1) is 0 Å². The molecule has 5 rings (SSSR count). The molecule has 1 aromatic heterocycles. The molecule has 2 aliphatic rings. The molecule has 1 fully saturated rings. The Balaban J connectivity index is 1.72. The van der Waals surface area contributed by atoms with Crippen molar-refractivity contribution in [2.75, 3.05) is 6.61 Å². The van der Waals surface area contributed by atoms with Crippen molar-refractivity contribution in [2.45, 2.75) is 25.6 Å². The summed E-state index contributed by atoms with van der Waals surface area (Å²) in [6, 6.07) is 9.48. The van der Waals surface area contributed by atoms with Gasteiger partial charge in [-0.3, -0.25) is 14.9 Å². The zero-order chi connectivity index (χ0) is 25.0. The quantitative estimate of drug-likeness (QED) is 0.411. The van der Waals surface area contributed by atoms with Gasteiger partial charge >= 0.3 is 6.36 Å². The number of amides is 2. The van der Waals surface area contributed by atoms with E-state index >= 15 is 0 Å². The lowest BCUT2D eigenvalue weighted by Gasteiger charge is -2.19. The van der Waals surface area contributed by atoms with E-state index < -0.39 is 23.3 Å². The van der Waals surface area contributed by atoms with Gasteiger partial charge in [-0.1, -0.05) is 19.9 Å². The molecule has 0 atom stereocenters. The number of imide groups is 1. The molecule has 2 aromatic carbocycles. The summed E-state index contributed by atoms with van der Waals surface area (Å²) < 4.78 is 55.4. The number of ether oxygens (including phenoxy) is 2. The molecule has 35 heavy (non-hydrogen) atoms. The fraction of sp³-hybridized carbons (Fsp3) is 0.200. The van der Waals surface area contributed by atoms with E-state index in [9.17, 15) is 22.8 Å². The van der Waals surface area contributed by atoms with Crippen LogP contribution in [0.5, 0.6) is 11.5 Å². The standard InChI is InChI=1S/C25H18F3NO5S/c1-24(2)12-33-21-17(9-15(10-18(21)24)14-5-6-32-11-14)16-7-13(3-4-19(16)34-25(26,27)28)8-20-22(30)29-23(31)35-20/h3-11H,12H2,1-2H3,(H,29,30,31). The lowest BCUT2D eigenvalue weighted by molar-refractivity contribution is -0.274. The molecule has 0 aliphatic carbocycles. The lowest BCUT2D eigenvalue weighted by atomic mass is 9.83. The highest BCUT2D eigenvalue weighted by molar-refractivity contribution is 8.18. The number of fused-ring (bicyclic) bond motifs is 1. The Bertz CT molecular complexity index is 1380. The van der Waals surface area contributed by atoms with E-state index in [0.29, 0.717) is 23.5 Å². The second-order valence-corrected chi connectivity index (χ2v) is 9.76. The van der Waals surface area contributed by atoms with Gasteiger partial charge in [0.1, 0.15) is 11.5 Å². The number of halogens is 3. The summed E-state index contributed by atoms with van der Waals surface area (Å²) in [6.07, 6.45) is -0.416. The van der Waals surface area contributed by atoms with Gasteiger partial charge in [-0.25, -0.2) is 0 Å². The first-order valence-corrected chi connectivity index (χ1v) is 11.3. The summed E-state index contributed by atoms with van der Waals surface area (Å²) >= 11 is 0.720. The molecule has 0 radical (unpaired) electrons. The van der Waals surface area contributed by atoms with E-state index in [-0.39, 0.29) is 15.9 Å². The molecule has 0 spiro atoms. The number of hydrogen-bond acceptors (Lipinski definition) is 6. The maximum Gasteiger partial charge on any atom is 0.573 e. The first-order chi connectivity index (χ1) is 16.5. The van der Waals surface area contributed by atoms with Gasteiger partial charge in [0.2, 0.25) is 0 Å². The lowest BCUT2D eigenvalue weighted by Crippen LogP contribution is -2.18.